The second-order valence-electron chi connectivity index (χ2n) is 7.53. The number of piperazine rings is 1. The van der Waals surface area contributed by atoms with Crippen molar-refractivity contribution in [2.75, 3.05) is 26.2 Å². The lowest BCUT2D eigenvalue weighted by molar-refractivity contribution is -0.136. The molecule has 5 nitrogen and oxygen atoms in total. The zero-order chi connectivity index (χ0) is 21.5. The smallest absolute Gasteiger partial charge is 0.246 e. The lowest BCUT2D eigenvalue weighted by Crippen LogP contribution is -2.50. The third-order valence-electron chi connectivity index (χ3n) is 5.41. The van der Waals surface area contributed by atoms with Crippen LogP contribution in [-0.2, 0) is 16.0 Å². The summed E-state index contributed by atoms with van der Waals surface area (Å²) in [6.45, 7) is 2.19. The summed E-state index contributed by atoms with van der Waals surface area (Å²) in [4.78, 5) is 32.9. The van der Waals surface area contributed by atoms with Gasteiger partial charge in [-0.1, -0.05) is 54.6 Å². The fourth-order valence-electron chi connectivity index (χ4n) is 3.67. The second kappa shape index (κ2) is 9.85. The van der Waals surface area contributed by atoms with Gasteiger partial charge in [0.15, 0.2) is 0 Å². The van der Waals surface area contributed by atoms with Gasteiger partial charge < -0.3 is 9.80 Å². The molecule has 0 saturated carbocycles. The first kappa shape index (κ1) is 20.5. The van der Waals surface area contributed by atoms with E-state index in [0.29, 0.717) is 32.6 Å². The predicted molar refractivity (Wildman–Crippen MR) is 122 cm³/mol. The number of rotatable bonds is 5. The molecule has 31 heavy (non-hydrogen) atoms. The summed E-state index contributed by atoms with van der Waals surface area (Å²) in [6.07, 6.45) is 5.47. The van der Waals surface area contributed by atoms with Crippen LogP contribution in [-0.4, -0.2) is 52.8 Å². The highest BCUT2D eigenvalue weighted by molar-refractivity contribution is 5.92. The molecule has 0 N–H and O–H groups in total. The van der Waals surface area contributed by atoms with Crippen molar-refractivity contribution in [2.45, 2.75) is 6.42 Å². The van der Waals surface area contributed by atoms with E-state index in [4.69, 9.17) is 0 Å². The van der Waals surface area contributed by atoms with Crippen molar-refractivity contribution in [3.63, 3.8) is 0 Å². The highest BCUT2D eigenvalue weighted by Crippen LogP contribution is 2.20. The maximum atomic E-state index is 12.6. The Morgan fingerprint density at radius 1 is 0.806 bits per heavy atom. The van der Waals surface area contributed by atoms with Gasteiger partial charge in [0.1, 0.15) is 0 Å². The highest BCUT2D eigenvalue weighted by atomic mass is 16.2. The van der Waals surface area contributed by atoms with Gasteiger partial charge in [-0.3, -0.25) is 14.6 Å². The van der Waals surface area contributed by atoms with Gasteiger partial charge in [-0.05, 0) is 41.0 Å². The summed E-state index contributed by atoms with van der Waals surface area (Å²) in [7, 11) is 0. The molecule has 0 unspecified atom stereocenters. The number of pyridine rings is 1. The van der Waals surface area contributed by atoms with Gasteiger partial charge in [0, 0.05) is 44.1 Å². The van der Waals surface area contributed by atoms with Crippen molar-refractivity contribution in [2.24, 2.45) is 0 Å². The minimum Gasteiger partial charge on any atom is -0.339 e. The van der Waals surface area contributed by atoms with Crippen molar-refractivity contribution < 1.29 is 9.59 Å². The SMILES string of the molecule is O=C(/C=C/c1cccc(-c2ccccc2)c1)N1CCN(C(=O)Cc2ccccn2)CC1. The number of carbonyl (C=O) groups excluding carboxylic acids is 2. The van der Waals surface area contributed by atoms with E-state index in [0.717, 1.165) is 22.4 Å². The third-order valence-corrected chi connectivity index (χ3v) is 5.41. The molecule has 0 atom stereocenters. The molecule has 2 amide bonds. The quantitative estimate of drug-likeness (QED) is 0.602. The van der Waals surface area contributed by atoms with E-state index in [9.17, 15) is 9.59 Å². The number of hydrogen-bond acceptors (Lipinski definition) is 3. The Kier molecular flexibility index (Phi) is 6.53. The first-order chi connectivity index (χ1) is 15.2. The van der Waals surface area contributed by atoms with Crippen LogP contribution in [0.2, 0.25) is 0 Å². The summed E-state index contributed by atoms with van der Waals surface area (Å²) >= 11 is 0. The van der Waals surface area contributed by atoms with Crippen molar-refractivity contribution in [3.05, 3.63) is 96.3 Å². The van der Waals surface area contributed by atoms with Gasteiger partial charge in [0.25, 0.3) is 0 Å². The number of amides is 2. The fraction of sp³-hybridized carbons (Fsp3) is 0.192. The van der Waals surface area contributed by atoms with Crippen LogP contribution in [0.3, 0.4) is 0 Å². The van der Waals surface area contributed by atoms with Crippen LogP contribution >= 0.6 is 0 Å². The van der Waals surface area contributed by atoms with E-state index in [2.05, 4.69) is 29.2 Å². The molecule has 0 spiro atoms. The maximum Gasteiger partial charge on any atom is 0.246 e. The Balaban J connectivity index is 1.31. The molecule has 3 aromatic rings. The van der Waals surface area contributed by atoms with Crippen LogP contribution in [0, 0.1) is 0 Å². The molecular formula is C26H25N3O2. The van der Waals surface area contributed by atoms with E-state index in [1.54, 1.807) is 17.2 Å². The van der Waals surface area contributed by atoms with E-state index in [-0.39, 0.29) is 11.8 Å². The molecule has 1 saturated heterocycles. The monoisotopic (exact) mass is 411 g/mol. The Morgan fingerprint density at radius 2 is 1.52 bits per heavy atom. The summed E-state index contributed by atoms with van der Waals surface area (Å²) in [5.41, 5.74) is 4.02. The predicted octanol–water partition coefficient (Wildman–Crippen LogP) is 3.68. The molecular weight excluding hydrogens is 386 g/mol. The van der Waals surface area contributed by atoms with Gasteiger partial charge in [-0.15, -0.1) is 0 Å². The lowest BCUT2D eigenvalue weighted by atomic mass is 10.0. The van der Waals surface area contributed by atoms with Crippen LogP contribution in [0.25, 0.3) is 17.2 Å². The number of benzene rings is 2. The fourth-order valence-corrected chi connectivity index (χ4v) is 3.67. The Bertz CT molecular complexity index is 1060. The summed E-state index contributed by atoms with van der Waals surface area (Å²) < 4.78 is 0. The minimum absolute atomic E-state index is 0.0260. The van der Waals surface area contributed by atoms with Crippen LogP contribution < -0.4 is 0 Å². The van der Waals surface area contributed by atoms with Gasteiger partial charge in [0.2, 0.25) is 11.8 Å². The number of nitrogens with zero attached hydrogens (tertiary/aromatic N) is 3. The largest absolute Gasteiger partial charge is 0.339 e. The molecule has 4 rings (SSSR count). The Morgan fingerprint density at radius 3 is 2.26 bits per heavy atom. The maximum absolute atomic E-state index is 12.6. The summed E-state index contributed by atoms with van der Waals surface area (Å²) in [6, 6.07) is 23.9. The van der Waals surface area contributed by atoms with E-state index < -0.39 is 0 Å². The average Bonchev–Trinajstić information content (AvgIpc) is 2.84. The van der Waals surface area contributed by atoms with Crippen molar-refractivity contribution in [1.29, 1.82) is 0 Å². The Labute approximate surface area is 182 Å². The number of aromatic nitrogens is 1. The number of carbonyl (C=O) groups is 2. The summed E-state index contributed by atoms with van der Waals surface area (Å²) in [5.74, 6) is 0.0287. The Hall–Kier alpha value is -3.73. The second-order valence-corrected chi connectivity index (χ2v) is 7.53. The molecule has 2 aromatic carbocycles. The molecule has 1 fully saturated rings. The third kappa shape index (κ3) is 5.45. The van der Waals surface area contributed by atoms with Crippen LogP contribution in [0.1, 0.15) is 11.3 Å². The summed E-state index contributed by atoms with van der Waals surface area (Å²) in [5, 5.41) is 0. The zero-order valence-corrected chi connectivity index (χ0v) is 17.4. The van der Waals surface area contributed by atoms with Crippen molar-refractivity contribution >= 4 is 17.9 Å². The highest BCUT2D eigenvalue weighted by Gasteiger charge is 2.23. The lowest BCUT2D eigenvalue weighted by Gasteiger charge is -2.34. The topological polar surface area (TPSA) is 53.5 Å². The first-order valence-electron chi connectivity index (χ1n) is 10.5. The van der Waals surface area contributed by atoms with Crippen LogP contribution in [0.5, 0.6) is 0 Å². The molecule has 1 aliphatic heterocycles. The standard InChI is InChI=1S/C26H25N3O2/c30-25(13-12-21-7-6-10-23(19-21)22-8-2-1-3-9-22)28-15-17-29(18-16-28)26(31)20-24-11-4-5-14-27-24/h1-14,19H,15-18,20H2/b13-12+. The van der Waals surface area contributed by atoms with E-state index in [1.165, 1.54) is 0 Å². The number of hydrogen-bond donors (Lipinski definition) is 0. The molecule has 0 aliphatic carbocycles. The average molecular weight is 412 g/mol. The molecule has 156 valence electrons. The van der Waals surface area contributed by atoms with Gasteiger partial charge >= 0.3 is 0 Å². The zero-order valence-electron chi connectivity index (χ0n) is 17.4. The van der Waals surface area contributed by atoms with Gasteiger partial charge in [0.05, 0.1) is 6.42 Å². The first-order valence-corrected chi connectivity index (χ1v) is 10.5. The molecule has 0 radical (unpaired) electrons. The van der Waals surface area contributed by atoms with Gasteiger partial charge in [-0.25, -0.2) is 0 Å². The molecule has 5 heteroatoms. The van der Waals surface area contributed by atoms with Crippen LogP contribution in [0.4, 0.5) is 0 Å². The van der Waals surface area contributed by atoms with E-state index in [1.807, 2.05) is 59.5 Å². The molecule has 2 heterocycles. The van der Waals surface area contributed by atoms with Crippen LogP contribution in [0.15, 0.2) is 85.1 Å². The van der Waals surface area contributed by atoms with Crippen molar-refractivity contribution in [3.8, 4) is 11.1 Å². The van der Waals surface area contributed by atoms with Gasteiger partial charge in [-0.2, -0.15) is 0 Å². The molecule has 0 bridgehead atoms. The van der Waals surface area contributed by atoms with Crippen molar-refractivity contribution in [1.82, 2.24) is 14.8 Å². The minimum atomic E-state index is -0.0260. The molecule has 1 aromatic heterocycles. The normalized spacial score (nSPS) is 14.1. The molecule has 1 aliphatic rings. The van der Waals surface area contributed by atoms with E-state index >= 15 is 0 Å².